The number of nitrogens with zero attached hydrogens (tertiary/aromatic N) is 4. The zero-order chi connectivity index (χ0) is 19.0. The molecule has 0 aliphatic heterocycles. The quantitative estimate of drug-likeness (QED) is 0.619. The van der Waals surface area contributed by atoms with Crippen molar-refractivity contribution < 1.29 is 9.90 Å². The number of nitrogens with one attached hydrogen (secondary N) is 2. The van der Waals surface area contributed by atoms with Gasteiger partial charge in [0.15, 0.2) is 5.82 Å². The molecule has 1 saturated carbocycles. The van der Waals surface area contributed by atoms with Crippen molar-refractivity contribution in [2.75, 3.05) is 10.6 Å². The van der Waals surface area contributed by atoms with E-state index >= 15 is 0 Å². The van der Waals surface area contributed by atoms with E-state index in [9.17, 15) is 9.90 Å². The van der Waals surface area contributed by atoms with Crippen LogP contribution in [-0.2, 0) is 11.3 Å². The Hall–Kier alpha value is -3.00. The van der Waals surface area contributed by atoms with Gasteiger partial charge in [0, 0.05) is 25.4 Å². The number of carbonyl (C=O) groups is 1. The molecule has 8 nitrogen and oxygen atoms in total. The number of amides is 1. The lowest BCUT2D eigenvalue weighted by molar-refractivity contribution is -0.114. The lowest BCUT2D eigenvalue weighted by Gasteiger charge is -2.10. The van der Waals surface area contributed by atoms with Crippen molar-refractivity contribution in [3.63, 3.8) is 0 Å². The van der Waals surface area contributed by atoms with Gasteiger partial charge in [0.2, 0.25) is 5.91 Å². The van der Waals surface area contributed by atoms with E-state index in [1.54, 1.807) is 13.0 Å². The molecular formula is C19H22N6O2. The van der Waals surface area contributed by atoms with Gasteiger partial charge in [-0.15, -0.1) is 0 Å². The van der Waals surface area contributed by atoms with Crippen molar-refractivity contribution >= 4 is 23.2 Å². The van der Waals surface area contributed by atoms with E-state index in [0.717, 1.165) is 11.3 Å². The van der Waals surface area contributed by atoms with E-state index in [-0.39, 0.29) is 11.7 Å². The van der Waals surface area contributed by atoms with Gasteiger partial charge in [-0.2, -0.15) is 0 Å². The van der Waals surface area contributed by atoms with E-state index in [0.29, 0.717) is 24.1 Å². The van der Waals surface area contributed by atoms with Crippen molar-refractivity contribution in [2.45, 2.75) is 45.3 Å². The van der Waals surface area contributed by atoms with Gasteiger partial charge in [0.1, 0.15) is 23.4 Å². The summed E-state index contributed by atoms with van der Waals surface area (Å²) in [5.41, 5.74) is 3.14. The maximum atomic E-state index is 11.3. The van der Waals surface area contributed by atoms with E-state index in [2.05, 4.69) is 42.2 Å². The number of imidazole rings is 1. The maximum absolute atomic E-state index is 11.3. The summed E-state index contributed by atoms with van der Waals surface area (Å²) in [6, 6.07) is 5.83. The van der Waals surface area contributed by atoms with Crippen LogP contribution in [0.2, 0.25) is 0 Å². The molecule has 3 heterocycles. The summed E-state index contributed by atoms with van der Waals surface area (Å²) >= 11 is 0. The van der Waals surface area contributed by atoms with E-state index in [4.69, 9.17) is 0 Å². The zero-order valence-corrected chi connectivity index (χ0v) is 15.3. The number of anilines is 2. The second-order valence-electron chi connectivity index (χ2n) is 6.94. The van der Waals surface area contributed by atoms with Crippen molar-refractivity contribution in [3.05, 3.63) is 47.7 Å². The Morgan fingerprint density at radius 2 is 2.04 bits per heavy atom. The largest absolute Gasteiger partial charge is 0.385 e. The van der Waals surface area contributed by atoms with E-state index in [1.807, 2.05) is 12.3 Å². The number of hydrogen-bond acceptors (Lipinski definition) is 6. The minimum absolute atomic E-state index is 0.233. The van der Waals surface area contributed by atoms with Crippen molar-refractivity contribution in [3.8, 4) is 0 Å². The average Bonchev–Trinajstić information content (AvgIpc) is 3.38. The molecule has 1 atom stereocenters. The molecule has 1 aliphatic rings. The van der Waals surface area contributed by atoms with Gasteiger partial charge < -0.3 is 20.1 Å². The van der Waals surface area contributed by atoms with Gasteiger partial charge in [-0.1, -0.05) is 6.07 Å². The highest BCUT2D eigenvalue weighted by atomic mass is 16.3. The highest BCUT2D eigenvalue weighted by molar-refractivity contribution is 5.87. The van der Waals surface area contributed by atoms with Crippen LogP contribution in [0.5, 0.6) is 0 Å². The van der Waals surface area contributed by atoms with Crippen LogP contribution in [0.4, 0.5) is 11.6 Å². The number of rotatable bonds is 6. The highest BCUT2D eigenvalue weighted by Crippen LogP contribution is 2.39. The second kappa shape index (κ2) is 6.96. The number of carbonyl (C=O) groups excluding carboxylic acids is 1. The molecule has 0 bridgehead atoms. The van der Waals surface area contributed by atoms with Gasteiger partial charge in [0.25, 0.3) is 0 Å². The summed E-state index contributed by atoms with van der Waals surface area (Å²) in [4.78, 5) is 24.4. The highest BCUT2D eigenvalue weighted by Gasteiger charge is 2.23. The first-order valence-corrected chi connectivity index (χ1v) is 9.04. The smallest absolute Gasteiger partial charge is 0.222 e. The molecule has 1 amide bonds. The Morgan fingerprint density at radius 3 is 2.74 bits per heavy atom. The fraction of sp³-hybridized carbons (Fsp3) is 0.368. The van der Waals surface area contributed by atoms with Crippen molar-refractivity contribution in [2.24, 2.45) is 0 Å². The van der Waals surface area contributed by atoms with Gasteiger partial charge in [0.05, 0.1) is 12.2 Å². The molecule has 1 unspecified atom stereocenters. The predicted octanol–water partition coefficient (Wildman–Crippen LogP) is 2.63. The first kappa shape index (κ1) is 17.4. The Bertz CT molecular complexity index is 993. The summed E-state index contributed by atoms with van der Waals surface area (Å²) in [7, 11) is 0. The fourth-order valence-electron chi connectivity index (χ4n) is 2.97. The summed E-state index contributed by atoms with van der Waals surface area (Å²) in [6.07, 6.45) is 5.85. The molecule has 0 saturated heterocycles. The molecule has 0 aromatic carbocycles. The Balaban J connectivity index is 1.52. The summed E-state index contributed by atoms with van der Waals surface area (Å²) < 4.78 is 2.05. The molecule has 3 aromatic rings. The van der Waals surface area contributed by atoms with Gasteiger partial charge >= 0.3 is 0 Å². The first-order valence-electron chi connectivity index (χ1n) is 9.04. The number of fused-ring (bicyclic) bond motifs is 1. The van der Waals surface area contributed by atoms with Crippen LogP contribution in [0.3, 0.4) is 0 Å². The normalized spacial score (nSPS) is 14.9. The van der Waals surface area contributed by atoms with Crippen LogP contribution in [0, 0.1) is 0 Å². The lowest BCUT2D eigenvalue weighted by Crippen LogP contribution is -2.12. The Kier molecular flexibility index (Phi) is 4.49. The molecule has 4 rings (SSSR count). The molecule has 3 aromatic heterocycles. The van der Waals surface area contributed by atoms with Gasteiger partial charge in [-0.05, 0) is 37.3 Å². The van der Waals surface area contributed by atoms with Crippen LogP contribution in [0.25, 0.3) is 5.65 Å². The molecule has 0 spiro atoms. The molecule has 27 heavy (non-hydrogen) atoms. The van der Waals surface area contributed by atoms with Crippen LogP contribution in [0.1, 0.15) is 55.8 Å². The summed E-state index contributed by atoms with van der Waals surface area (Å²) in [5.74, 6) is 1.57. The monoisotopic (exact) mass is 366 g/mol. The molecule has 0 radical (unpaired) electrons. The first-order chi connectivity index (χ1) is 13.0. The molecule has 1 fully saturated rings. The topological polar surface area (TPSA) is 104 Å². The number of hydrogen-bond donors (Lipinski definition) is 3. The Labute approximate surface area is 156 Å². The minimum atomic E-state index is -0.838. The average molecular weight is 366 g/mol. The van der Waals surface area contributed by atoms with Gasteiger partial charge in [-0.25, -0.2) is 15.0 Å². The lowest BCUT2D eigenvalue weighted by atomic mass is 10.2. The maximum Gasteiger partial charge on any atom is 0.222 e. The minimum Gasteiger partial charge on any atom is -0.385 e. The molecule has 3 N–H and O–H groups in total. The van der Waals surface area contributed by atoms with E-state index < -0.39 is 6.10 Å². The third-order valence-electron chi connectivity index (χ3n) is 4.44. The Morgan fingerprint density at radius 1 is 1.26 bits per heavy atom. The summed E-state index contributed by atoms with van der Waals surface area (Å²) in [6.45, 7) is 3.45. The molecule has 8 heteroatoms. The van der Waals surface area contributed by atoms with Crippen molar-refractivity contribution in [1.29, 1.82) is 0 Å². The van der Waals surface area contributed by atoms with Crippen LogP contribution in [-0.4, -0.2) is 30.4 Å². The van der Waals surface area contributed by atoms with Crippen LogP contribution >= 0.6 is 0 Å². The van der Waals surface area contributed by atoms with Crippen LogP contribution in [0.15, 0.2) is 30.6 Å². The molecular weight excluding hydrogens is 344 g/mol. The number of aromatic nitrogens is 4. The number of pyridine rings is 1. The standard InChI is InChI=1S/C19H22N6O2/c1-11(26)19-23-16(7-17(24-19)21-12(2)27)20-8-15-10-25-9-14(13-3-4-13)5-6-18(25)22-15/h5-7,9-11,13,26H,3-4,8H2,1-2H3,(H2,20,21,23,24,27). The zero-order valence-electron chi connectivity index (χ0n) is 15.3. The fourth-order valence-corrected chi connectivity index (χ4v) is 2.97. The molecule has 140 valence electrons. The predicted molar refractivity (Wildman–Crippen MR) is 101 cm³/mol. The van der Waals surface area contributed by atoms with Gasteiger partial charge in [-0.3, -0.25) is 4.79 Å². The number of aliphatic hydroxyl groups excluding tert-OH is 1. The van der Waals surface area contributed by atoms with E-state index in [1.165, 1.54) is 25.3 Å². The van der Waals surface area contributed by atoms with Crippen LogP contribution < -0.4 is 10.6 Å². The SMILES string of the molecule is CC(=O)Nc1cc(NCc2cn3cc(C4CC4)ccc3n2)nc(C(C)O)n1. The van der Waals surface area contributed by atoms with Crippen molar-refractivity contribution in [1.82, 2.24) is 19.4 Å². The summed E-state index contributed by atoms with van der Waals surface area (Å²) in [5, 5.41) is 15.6. The third kappa shape index (κ3) is 4.06. The third-order valence-corrected chi connectivity index (χ3v) is 4.44. The molecule has 1 aliphatic carbocycles. The number of aliphatic hydroxyl groups is 1. The second-order valence-corrected chi connectivity index (χ2v) is 6.94.